The van der Waals surface area contributed by atoms with Gasteiger partial charge in [-0.25, -0.2) is 9.97 Å². The van der Waals surface area contributed by atoms with Crippen molar-refractivity contribution in [1.82, 2.24) is 14.4 Å². The van der Waals surface area contributed by atoms with E-state index in [0.29, 0.717) is 0 Å². The maximum Gasteiger partial charge on any atom is 0.233 e. The fraction of sp³-hybridized carbons (Fsp3) is 0.143. The van der Waals surface area contributed by atoms with Gasteiger partial charge in [0.2, 0.25) is 5.78 Å². The molecule has 0 aliphatic rings. The van der Waals surface area contributed by atoms with Crippen LogP contribution in [-0.4, -0.2) is 14.4 Å². The van der Waals surface area contributed by atoms with E-state index in [9.17, 15) is 0 Å². The lowest BCUT2D eigenvalue weighted by atomic mass is 10.2. The molecule has 0 unspecified atom stereocenters. The molecule has 2 N–H and O–H groups in total. The Morgan fingerprint density at radius 1 is 1.37 bits per heavy atom. The van der Waals surface area contributed by atoms with Gasteiger partial charge in [0.15, 0.2) is 0 Å². The number of hydrogen-bond donors (Lipinski definition) is 1. The van der Waals surface area contributed by atoms with Crippen molar-refractivity contribution in [2.45, 2.75) is 17.6 Å². The van der Waals surface area contributed by atoms with Crippen molar-refractivity contribution in [3.8, 4) is 0 Å². The molecule has 2 heterocycles. The fourth-order valence-corrected chi connectivity index (χ4v) is 2.73. The summed E-state index contributed by atoms with van der Waals surface area (Å²) in [5.41, 5.74) is 9.01. The van der Waals surface area contributed by atoms with Crippen molar-refractivity contribution >= 4 is 23.2 Å². The summed E-state index contributed by atoms with van der Waals surface area (Å²) in [5.74, 6) is 1.52. The second kappa shape index (κ2) is 4.93. The average molecular weight is 270 g/mol. The summed E-state index contributed by atoms with van der Waals surface area (Å²) >= 11 is 1.70. The third-order valence-electron chi connectivity index (χ3n) is 2.83. The number of nitrogen functional groups attached to an aromatic ring is 1. The Labute approximate surface area is 115 Å². The lowest BCUT2D eigenvalue weighted by Gasteiger charge is -2.04. The van der Waals surface area contributed by atoms with E-state index in [1.54, 1.807) is 18.0 Å². The molecular weight excluding hydrogens is 256 g/mol. The maximum absolute atomic E-state index is 6.00. The Kier molecular flexibility index (Phi) is 3.13. The van der Waals surface area contributed by atoms with Gasteiger partial charge >= 0.3 is 0 Å². The van der Waals surface area contributed by atoms with Crippen molar-refractivity contribution in [1.29, 1.82) is 0 Å². The van der Waals surface area contributed by atoms with E-state index in [2.05, 4.69) is 22.1 Å². The minimum absolute atomic E-state index is 0.731. The molecule has 0 fully saturated rings. The molecule has 4 nitrogen and oxygen atoms in total. The molecule has 0 atom stereocenters. The Morgan fingerprint density at radius 2 is 2.26 bits per heavy atom. The first-order chi connectivity index (χ1) is 9.22. The quantitative estimate of drug-likeness (QED) is 0.587. The molecule has 0 aliphatic carbocycles. The number of benzene rings is 1. The lowest BCUT2D eigenvalue weighted by molar-refractivity contribution is 1.11. The standard InChI is InChI=1S/C14H14N4S/c1-10-3-4-13(12(15)7-10)19-9-11-8-18-6-2-5-16-14(18)17-11/h2-8H,9,15H2,1H3. The number of imidazole rings is 1. The van der Waals surface area contributed by atoms with Crippen LogP contribution in [0.15, 0.2) is 47.8 Å². The molecule has 5 heteroatoms. The third kappa shape index (κ3) is 2.56. The first kappa shape index (κ1) is 12.0. The summed E-state index contributed by atoms with van der Waals surface area (Å²) in [6, 6.07) is 8.02. The zero-order valence-corrected chi connectivity index (χ0v) is 11.4. The molecule has 1 aromatic carbocycles. The Morgan fingerprint density at radius 3 is 3.05 bits per heavy atom. The SMILES string of the molecule is Cc1ccc(SCc2cn3cccnc3n2)c(N)c1. The van der Waals surface area contributed by atoms with Gasteiger partial charge in [-0.3, -0.25) is 4.40 Å². The second-order valence-corrected chi connectivity index (χ2v) is 5.41. The van der Waals surface area contributed by atoms with Crippen LogP contribution < -0.4 is 5.73 Å². The van der Waals surface area contributed by atoms with Crippen LogP contribution in [0, 0.1) is 6.92 Å². The number of anilines is 1. The van der Waals surface area contributed by atoms with Gasteiger partial charge in [0, 0.05) is 34.9 Å². The van der Waals surface area contributed by atoms with Crippen molar-refractivity contribution in [3.05, 3.63) is 54.1 Å². The van der Waals surface area contributed by atoms with E-state index in [-0.39, 0.29) is 0 Å². The number of fused-ring (bicyclic) bond motifs is 1. The largest absolute Gasteiger partial charge is 0.398 e. The van der Waals surface area contributed by atoms with Crippen LogP contribution in [0.1, 0.15) is 11.3 Å². The van der Waals surface area contributed by atoms with Gasteiger partial charge in [-0.2, -0.15) is 0 Å². The summed E-state index contributed by atoms with van der Waals surface area (Å²) in [6.45, 7) is 2.04. The number of nitrogens with two attached hydrogens (primary N) is 1. The highest BCUT2D eigenvalue weighted by molar-refractivity contribution is 7.98. The number of hydrogen-bond acceptors (Lipinski definition) is 4. The smallest absolute Gasteiger partial charge is 0.233 e. The highest BCUT2D eigenvalue weighted by atomic mass is 32.2. The molecule has 0 aliphatic heterocycles. The Bertz CT molecular complexity index is 687. The number of aromatic nitrogens is 3. The monoisotopic (exact) mass is 270 g/mol. The van der Waals surface area contributed by atoms with Crippen LogP contribution in [0.2, 0.25) is 0 Å². The van der Waals surface area contributed by atoms with Gasteiger partial charge in [0.25, 0.3) is 0 Å². The summed E-state index contributed by atoms with van der Waals surface area (Å²) in [4.78, 5) is 9.76. The molecule has 0 amide bonds. The maximum atomic E-state index is 6.00. The molecule has 96 valence electrons. The molecule has 3 aromatic rings. The van der Waals surface area contributed by atoms with Gasteiger partial charge in [-0.15, -0.1) is 11.8 Å². The molecular formula is C14H14N4S. The molecule has 19 heavy (non-hydrogen) atoms. The first-order valence-corrected chi connectivity index (χ1v) is 6.98. The van der Waals surface area contributed by atoms with Crippen LogP contribution >= 0.6 is 11.8 Å². The highest BCUT2D eigenvalue weighted by Gasteiger charge is 2.05. The number of rotatable bonds is 3. The minimum atomic E-state index is 0.731. The molecule has 3 rings (SSSR count). The zero-order valence-electron chi connectivity index (χ0n) is 10.6. The second-order valence-electron chi connectivity index (χ2n) is 4.39. The Balaban J connectivity index is 1.78. The molecule has 0 radical (unpaired) electrons. The predicted octanol–water partition coefficient (Wildman–Crippen LogP) is 2.91. The topological polar surface area (TPSA) is 56.2 Å². The van der Waals surface area contributed by atoms with E-state index >= 15 is 0 Å². The van der Waals surface area contributed by atoms with Crippen molar-refractivity contribution in [2.24, 2.45) is 0 Å². The minimum Gasteiger partial charge on any atom is -0.398 e. The van der Waals surface area contributed by atoms with Crippen LogP contribution in [0.25, 0.3) is 5.78 Å². The molecule has 0 bridgehead atoms. The highest BCUT2D eigenvalue weighted by Crippen LogP contribution is 2.28. The lowest BCUT2D eigenvalue weighted by Crippen LogP contribution is -1.90. The van der Waals surface area contributed by atoms with E-state index in [1.807, 2.05) is 35.9 Å². The van der Waals surface area contributed by atoms with E-state index in [4.69, 9.17) is 5.73 Å². The van der Waals surface area contributed by atoms with E-state index in [0.717, 1.165) is 27.8 Å². The molecule has 0 saturated heterocycles. The van der Waals surface area contributed by atoms with Gasteiger partial charge in [-0.1, -0.05) is 6.07 Å². The molecule has 0 saturated carbocycles. The van der Waals surface area contributed by atoms with Gasteiger partial charge in [0.05, 0.1) is 5.69 Å². The fourth-order valence-electron chi connectivity index (χ4n) is 1.90. The van der Waals surface area contributed by atoms with Gasteiger partial charge in [0.1, 0.15) is 0 Å². The molecule has 2 aromatic heterocycles. The van der Waals surface area contributed by atoms with Crippen LogP contribution in [0.3, 0.4) is 0 Å². The normalized spacial score (nSPS) is 11.0. The average Bonchev–Trinajstić information content (AvgIpc) is 2.80. The Hall–Kier alpha value is -2.01. The molecule has 0 spiro atoms. The third-order valence-corrected chi connectivity index (χ3v) is 3.95. The summed E-state index contributed by atoms with van der Waals surface area (Å²) < 4.78 is 1.92. The number of thioether (sulfide) groups is 1. The predicted molar refractivity (Wildman–Crippen MR) is 78.1 cm³/mol. The van der Waals surface area contributed by atoms with Crippen LogP contribution in [0.4, 0.5) is 5.69 Å². The zero-order chi connectivity index (χ0) is 13.2. The van der Waals surface area contributed by atoms with Crippen LogP contribution in [0.5, 0.6) is 0 Å². The van der Waals surface area contributed by atoms with E-state index in [1.165, 1.54) is 5.56 Å². The van der Waals surface area contributed by atoms with Crippen molar-refractivity contribution in [2.75, 3.05) is 5.73 Å². The summed E-state index contributed by atoms with van der Waals surface area (Å²) in [6.07, 6.45) is 5.70. The van der Waals surface area contributed by atoms with E-state index < -0.39 is 0 Å². The van der Waals surface area contributed by atoms with Crippen molar-refractivity contribution in [3.63, 3.8) is 0 Å². The first-order valence-electron chi connectivity index (χ1n) is 6.00. The summed E-state index contributed by atoms with van der Waals surface area (Å²) in [5, 5.41) is 0. The van der Waals surface area contributed by atoms with Gasteiger partial charge in [-0.05, 0) is 30.7 Å². The van der Waals surface area contributed by atoms with Crippen molar-refractivity contribution < 1.29 is 0 Å². The number of nitrogens with zero attached hydrogens (tertiary/aromatic N) is 3. The number of aryl methyl sites for hydroxylation is 1. The summed E-state index contributed by atoms with van der Waals surface area (Å²) in [7, 11) is 0. The van der Waals surface area contributed by atoms with Gasteiger partial charge < -0.3 is 5.73 Å². The van der Waals surface area contributed by atoms with Crippen LogP contribution in [-0.2, 0) is 5.75 Å².